The van der Waals surface area contributed by atoms with E-state index < -0.39 is 0 Å². The van der Waals surface area contributed by atoms with Crippen molar-refractivity contribution in [2.24, 2.45) is 11.8 Å². The lowest BCUT2D eigenvalue weighted by Crippen LogP contribution is -2.30. The first-order valence-corrected chi connectivity index (χ1v) is 6.03. The molecule has 0 aromatic rings. The Morgan fingerprint density at radius 3 is 2.67 bits per heavy atom. The van der Waals surface area contributed by atoms with Crippen molar-refractivity contribution >= 4 is 11.8 Å². The summed E-state index contributed by atoms with van der Waals surface area (Å²) in [6.07, 6.45) is 7.16. The molecule has 0 aromatic carbocycles. The Labute approximate surface area is 80.0 Å². The van der Waals surface area contributed by atoms with Gasteiger partial charge in [0.1, 0.15) is 0 Å². The third kappa shape index (κ3) is 3.20. The first kappa shape index (κ1) is 10.1. The third-order valence-electron chi connectivity index (χ3n) is 2.65. The molecule has 12 heavy (non-hydrogen) atoms. The van der Waals surface area contributed by atoms with E-state index in [2.05, 4.69) is 30.0 Å². The molecule has 70 valence electrons. The van der Waals surface area contributed by atoms with Gasteiger partial charge in [-0.3, -0.25) is 0 Å². The SMILES string of the molecule is CS/C=C\C(C)C1CCNCC1. The van der Waals surface area contributed by atoms with Crippen LogP contribution in [0, 0.1) is 11.8 Å². The summed E-state index contributed by atoms with van der Waals surface area (Å²) in [5, 5.41) is 5.61. The topological polar surface area (TPSA) is 12.0 Å². The Morgan fingerprint density at radius 1 is 1.42 bits per heavy atom. The van der Waals surface area contributed by atoms with E-state index >= 15 is 0 Å². The number of nitrogens with one attached hydrogen (secondary N) is 1. The average Bonchev–Trinajstić information content (AvgIpc) is 2.15. The van der Waals surface area contributed by atoms with Crippen LogP contribution in [0.5, 0.6) is 0 Å². The van der Waals surface area contributed by atoms with Gasteiger partial charge in [0.15, 0.2) is 0 Å². The third-order valence-corrected chi connectivity index (χ3v) is 3.07. The highest BCUT2D eigenvalue weighted by atomic mass is 32.2. The largest absolute Gasteiger partial charge is 0.317 e. The summed E-state index contributed by atoms with van der Waals surface area (Å²) in [6.45, 7) is 4.76. The second kappa shape index (κ2) is 5.65. The Hall–Kier alpha value is 0.0500. The summed E-state index contributed by atoms with van der Waals surface area (Å²) in [6, 6.07) is 0. The van der Waals surface area contributed by atoms with Crippen molar-refractivity contribution in [3.63, 3.8) is 0 Å². The molecule has 1 rings (SSSR count). The molecule has 0 aromatic heterocycles. The van der Waals surface area contributed by atoms with Crippen LogP contribution in [0.3, 0.4) is 0 Å². The van der Waals surface area contributed by atoms with Crippen LogP contribution in [-0.2, 0) is 0 Å². The van der Waals surface area contributed by atoms with Gasteiger partial charge < -0.3 is 5.32 Å². The Balaban J connectivity index is 2.29. The van der Waals surface area contributed by atoms with Crippen LogP contribution in [0.15, 0.2) is 11.5 Å². The number of thioether (sulfide) groups is 1. The zero-order chi connectivity index (χ0) is 8.81. The van der Waals surface area contributed by atoms with Crippen molar-refractivity contribution in [2.45, 2.75) is 19.8 Å². The van der Waals surface area contributed by atoms with Crippen LogP contribution in [0.1, 0.15) is 19.8 Å². The minimum atomic E-state index is 0.763. The summed E-state index contributed by atoms with van der Waals surface area (Å²) < 4.78 is 0. The molecule has 1 N–H and O–H groups in total. The Morgan fingerprint density at radius 2 is 2.08 bits per heavy atom. The molecule has 1 aliphatic rings. The standard InChI is InChI=1S/C10H19NS/c1-9(5-8-12-2)10-3-6-11-7-4-10/h5,8-11H,3-4,6-7H2,1-2H3/b8-5-. The maximum Gasteiger partial charge on any atom is -0.00461 e. The summed E-state index contributed by atoms with van der Waals surface area (Å²) >= 11 is 1.80. The van der Waals surface area contributed by atoms with Gasteiger partial charge in [-0.2, -0.15) is 0 Å². The van der Waals surface area contributed by atoms with Gasteiger partial charge in [-0.05, 0) is 49.4 Å². The number of piperidine rings is 1. The van der Waals surface area contributed by atoms with Crippen LogP contribution in [0.4, 0.5) is 0 Å². The van der Waals surface area contributed by atoms with Crippen LogP contribution in [0.2, 0.25) is 0 Å². The van der Waals surface area contributed by atoms with Crippen LogP contribution < -0.4 is 5.32 Å². The molecule has 0 amide bonds. The maximum absolute atomic E-state index is 3.40. The highest BCUT2D eigenvalue weighted by Gasteiger charge is 2.17. The molecule has 2 heteroatoms. The van der Waals surface area contributed by atoms with Gasteiger partial charge in [0.2, 0.25) is 0 Å². The van der Waals surface area contributed by atoms with E-state index in [9.17, 15) is 0 Å². The van der Waals surface area contributed by atoms with E-state index in [0.717, 1.165) is 11.8 Å². The van der Waals surface area contributed by atoms with E-state index in [4.69, 9.17) is 0 Å². The second-order valence-corrected chi connectivity index (χ2v) is 4.25. The molecular formula is C10H19NS. The molecule has 1 atom stereocenters. The van der Waals surface area contributed by atoms with Gasteiger partial charge in [0, 0.05) is 0 Å². The van der Waals surface area contributed by atoms with Crippen molar-refractivity contribution in [1.82, 2.24) is 5.32 Å². The molecule has 0 radical (unpaired) electrons. The monoisotopic (exact) mass is 185 g/mol. The van der Waals surface area contributed by atoms with Crippen LogP contribution in [-0.4, -0.2) is 19.3 Å². The molecular weight excluding hydrogens is 166 g/mol. The first-order valence-electron chi connectivity index (χ1n) is 4.74. The number of allylic oxidation sites excluding steroid dienone is 1. The van der Waals surface area contributed by atoms with E-state index in [1.165, 1.54) is 25.9 Å². The minimum Gasteiger partial charge on any atom is -0.317 e. The quantitative estimate of drug-likeness (QED) is 0.725. The van der Waals surface area contributed by atoms with E-state index in [-0.39, 0.29) is 0 Å². The second-order valence-electron chi connectivity index (χ2n) is 3.51. The Kier molecular flexibility index (Phi) is 4.77. The molecule has 1 nitrogen and oxygen atoms in total. The van der Waals surface area contributed by atoms with Crippen molar-refractivity contribution in [2.75, 3.05) is 19.3 Å². The fraction of sp³-hybridized carbons (Fsp3) is 0.800. The van der Waals surface area contributed by atoms with Gasteiger partial charge in [-0.1, -0.05) is 13.0 Å². The average molecular weight is 185 g/mol. The molecule has 0 aliphatic carbocycles. The smallest absolute Gasteiger partial charge is 0.00461 e. The minimum absolute atomic E-state index is 0.763. The van der Waals surface area contributed by atoms with Crippen molar-refractivity contribution in [3.05, 3.63) is 11.5 Å². The molecule has 0 spiro atoms. The highest BCUT2D eigenvalue weighted by molar-refractivity contribution is 8.01. The fourth-order valence-corrected chi connectivity index (χ4v) is 2.13. The number of hydrogen-bond acceptors (Lipinski definition) is 2. The van der Waals surface area contributed by atoms with Crippen LogP contribution in [0.25, 0.3) is 0 Å². The molecule has 1 aliphatic heterocycles. The van der Waals surface area contributed by atoms with Crippen molar-refractivity contribution < 1.29 is 0 Å². The fourth-order valence-electron chi connectivity index (χ4n) is 1.73. The van der Waals surface area contributed by atoms with E-state index in [1.807, 2.05) is 0 Å². The molecule has 1 saturated heterocycles. The highest BCUT2D eigenvalue weighted by Crippen LogP contribution is 2.23. The molecule has 1 heterocycles. The number of hydrogen-bond donors (Lipinski definition) is 1. The zero-order valence-electron chi connectivity index (χ0n) is 8.05. The van der Waals surface area contributed by atoms with Crippen molar-refractivity contribution in [3.8, 4) is 0 Å². The zero-order valence-corrected chi connectivity index (χ0v) is 8.86. The maximum atomic E-state index is 3.40. The van der Waals surface area contributed by atoms with E-state index in [1.54, 1.807) is 11.8 Å². The number of rotatable bonds is 3. The lowest BCUT2D eigenvalue weighted by Gasteiger charge is -2.26. The van der Waals surface area contributed by atoms with Gasteiger partial charge in [-0.15, -0.1) is 11.8 Å². The van der Waals surface area contributed by atoms with Gasteiger partial charge in [-0.25, -0.2) is 0 Å². The summed E-state index contributed by atoms with van der Waals surface area (Å²) in [7, 11) is 0. The predicted molar refractivity (Wildman–Crippen MR) is 57.4 cm³/mol. The molecule has 0 saturated carbocycles. The van der Waals surface area contributed by atoms with Gasteiger partial charge in [0.25, 0.3) is 0 Å². The van der Waals surface area contributed by atoms with Crippen molar-refractivity contribution in [1.29, 1.82) is 0 Å². The Bertz CT molecular complexity index is 139. The van der Waals surface area contributed by atoms with Gasteiger partial charge >= 0.3 is 0 Å². The lowest BCUT2D eigenvalue weighted by molar-refractivity contribution is 0.314. The van der Waals surface area contributed by atoms with Gasteiger partial charge in [0.05, 0.1) is 0 Å². The normalized spacial score (nSPS) is 23.2. The first-order chi connectivity index (χ1) is 5.84. The van der Waals surface area contributed by atoms with Crippen LogP contribution >= 0.6 is 11.8 Å². The summed E-state index contributed by atoms with van der Waals surface area (Å²) in [5.74, 6) is 1.68. The summed E-state index contributed by atoms with van der Waals surface area (Å²) in [5.41, 5.74) is 0. The van der Waals surface area contributed by atoms with E-state index in [0.29, 0.717) is 0 Å². The summed E-state index contributed by atoms with van der Waals surface area (Å²) in [4.78, 5) is 0. The molecule has 1 unspecified atom stereocenters. The lowest BCUT2D eigenvalue weighted by atomic mass is 9.86. The molecule has 1 fully saturated rings. The predicted octanol–water partition coefficient (Wildman–Crippen LogP) is 2.50. The molecule has 0 bridgehead atoms.